The van der Waals surface area contributed by atoms with Gasteiger partial charge in [-0.25, -0.2) is 4.79 Å². The predicted molar refractivity (Wildman–Crippen MR) is 110 cm³/mol. The highest BCUT2D eigenvalue weighted by molar-refractivity contribution is 6.09. The predicted octanol–water partition coefficient (Wildman–Crippen LogP) is 4.23. The Balaban J connectivity index is 1.69. The molecule has 1 saturated heterocycles. The van der Waals surface area contributed by atoms with Gasteiger partial charge in [-0.2, -0.15) is 13.2 Å². The summed E-state index contributed by atoms with van der Waals surface area (Å²) in [5, 5.41) is 13.3. The molecule has 1 heterocycles. The van der Waals surface area contributed by atoms with Crippen molar-refractivity contribution in [3.05, 3.63) is 107 Å². The van der Waals surface area contributed by atoms with Gasteiger partial charge in [0.05, 0.1) is 18.2 Å². The fraction of sp³-hybridized carbons (Fsp3) is 0.167. The number of aliphatic hydroxyl groups excluding tert-OH is 1. The van der Waals surface area contributed by atoms with Gasteiger partial charge in [0.1, 0.15) is 0 Å². The molecule has 1 aliphatic heterocycles. The van der Waals surface area contributed by atoms with E-state index in [4.69, 9.17) is 0 Å². The molecule has 5 nitrogen and oxygen atoms in total. The molecule has 2 N–H and O–H groups in total. The fourth-order valence-electron chi connectivity index (χ4n) is 3.88. The van der Waals surface area contributed by atoms with E-state index in [2.05, 4.69) is 5.32 Å². The summed E-state index contributed by atoms with van der Waals surface area (Å²) in [5.74, 6) is -0.620. The number of urea groups is 1. The minimum absolute atomic E-state index is 0.0441. The Morgan fingerprint density at radius 2 is 1.44 bits per heavy atom. The van der Waals surface area contributed by atoms with Crippen molar-refractivity contribution in [1.82, 2.24) is 10.2 Å². The van der Waals surface area contributed by atoms with Gasteiger partial charge in [-0.05, 0) is 28.8 Å². The lowest BCUT2D eigenvalue weighted by molar-refractivity contribution is -0.137. The quantitative estimate of drug-likeness (QED) is 0.584. The second-order valence-electron chi connectivity index (χ2n) is 7.47. The van der Waals surface area contributed by atoms with E-state index in [9.17, 15) is 27.9 Å². The number of rotatable bonds is 5. The molecular formula is C24H19F3N2O3. The molecule has 3 aromatic rings. The largest absolute Gasteiger partial charge is 0.416 e. The van der Waals surface area contributed by atoms with E-state index < -0.39 is 41.9 Å². The molecule has 32 heavy (non-hydrogen) atoms. The molecule has 1 atom stereocenters. The summed E-state index contributed by atoms with van der Waals surface area (Å²) in [6.07, 6.45) is -6.07. The number of carbonyl (C=O) groups excluding carboxylic acids is 2. The highest BCUT2D eigenvalue weighted by Crippen LogP contribution is 2.37. The third kappa shape index (κ3) is 3.73. The summed E-state index contributed by atoms with van der Waals surface area (Å²) in [4.78, 5) is 27.3. The highest BCUT2D eigenvalue weighted by Gasteiger charge is 2.54. The Morgan fingerprint density at radius 1 is 0.875 bits per heavy atom. The number of hydrogen-bond donors (Lipinski definition) is 2. The van der Waals surface area contributed by atoms with Crippen LogP contribution in [-0.4, -0.2) is 28.5 Å². The number of benzene rings is 3. The highest BCUT2D eigenvalue weighted by atomic mass is 19.4. The van der Waals surface area contributed by atoms with Gasteiger partial charge in [-0.1, -0.05) is 72.8 Å². The second kappa shape index (κ2) is 8.12. The van der Waals surface area contributed by atoms with Crippen molar-refractivity contribution in [2.75, 3.05) is 6.54 Å². The molecule has 8 heteroatoms. The van der Waals surface area contributed by atoms with Crippen molar-refractivity contribution in [3.63, 3.8) is 0 Å². The van der Waals surface area contributed by atoms with Crippen molar-refractivity contribution >= 4 is 11.9 Å². The van der Waals surface area contributed by atoms with Crippen LogP contribution in [0.15, 0.2) is 84.9 Å². The first-order chi connectivity index (χ1) is 15.2. The number of imide groups is 1. The van der Waals surface area contributed by atoms with Crippen LogP contribution in [0.25, 0.3) is 0 Å². The summed E-state index contributed by atoms with van der Waals surface area (Å²) in [6.45, 7) is -0.493. The normalized spacial score (nSPS) is 16.7. The molecule has 0 spiro atoms. The van der Waals surface area contributed by atoms with Gasteiger partial charge in [0, 0.05) is 0 Å². The van der Waals surface area contributed by atoms with Crippen LogP contribution >= 0.6 is 0 Å². The number of carbonyl (C=O) groups is 2. The first-order valence-corrected chi connectivity index (χ1v) is 9.84. The van der Waals surface area contributed by atoms with E-state index in [1.54, 1.807) is 60.7 Å². The summed E-state index contributed by atoms with van der Waals surface area (Å²) in [6, 6.07) is 20.8. The summed E-state index contributed by atoms with van der Waals surface area (Å²) < 4.78 is 39.1. The molecule has 1 aliphatic rings. The second-order valence-corrected chi connectivity index (χ2v) is 7.47. The van der Waals surface area contributed by atoms with E-state index >= 15 is 0 Å². The van der Waals surface area contributed by atoms with Gasteiger partial charge in [0.15, 0.2) is 5.54 Å². The number of aliphatic hydroxyl groups is 1. The standard InChI is InChI=1S/C24H19F3N2O3/c25-24(26,27)19-13-7-8-16(14-19)20(30)15-29-21(31)23(28-22(29)32,17-9-3-1-4-10-17)18-11-5-2-6-12-18/h1-14,20,30H,15H2,(H,28,32)/t20-/m0/s1. The number of β-amino-alcohol motifs (C(OH)–C–C–N with tert-alkyl or cyclic N) is 1. The smallest absolute Gasteiger partial charge is 0.387 e. The van der Waals surface area contributed by atoms with E-state index in [-0.39, 0.29) is 5.56 Å². The number of nitrogens with zero attached hydrogens (tertiary/aromatic N) is 1. The molecule has 3 aromatic carbocycles. The molecule has 0 radical (unpaired) electrons. The van der Waals surface area contributed by atoms with Gasteiger partial charge in [-0.3, -0.25) is 9.69 Å². The van der Waals surface area contributed by atoms with Crippen molar-refractivity contribution in [2.45, 2.75) is 17.8 Å². The molecule has 0 aromatic heterocycles. The van der Waals surface area contributed by atoms with E-state index in [1.807, 2.05) is 0 Å². The Bertz CT molecular complexity index is 1090. The molecule has 164 valence electrons. The molecule has 0 unspecified atom stereocenters. The molecule has 4 rings (SSSR count). The van der Waals surface area contributed by atoms with Crippen molar-refractivity contribution in [1.29, 1.82) is 0 Å². The van der Waals surface area contributed by atoms with Gasteiger partial charge in [0.25, 0.3) is 5.91 Å². The van der Waals surface area contributed by atoms with Crippen LogP contribution in [-0.2, 0) is 16.5 Å². The van der Waals surface area contributed by atoms with E-state index in [0.717, 1.165) is 17.0 Å². The third-order valence-corrected chi connectivity index (χ3v) is 5.47. The van der Waals surface area contributed by atoms with Crippen LogP contribution in [0.5, 0.6) is 0 Å². The zero-order valence-corrected chi connectivity index (χ0v) is 16.7. The monoisotopic (exact) mass is 440 g/mol. The zero-order chi connectivity index (χ0) is 22.9. The van der Waals surface area contributed by atoms with Crippen LogP contribution in [0.3, 0.4) is 0 Å². The minimum Gasteiger partial charge on any atom is -0.387 e. The van der Waals surface area contributed by atoms with E-state index in [0.29, 0.717) is 11.1 Å². The lowest BCUT2D eigenvalue weighted by Crippen LogP contribution is -2.45. The van der Waals surface area contributed by atoms with Crippen molar-refractivity contribution in [2.24, 2.45) is 0 Å². The first-order valence-electron chi connectivity index (χ1n) is 9.84. The minimum atomic E-state index is -4.58. The molecular weight excluding hydrogens is 421 g/mol. The average Bonchev–Trinajstić information content (AvgIpc) is 3.05. The third-order valence-electron chi connectivity index (χ3n) is 5.47. The van der Waals surface area contributed by atoms with E-state index in [1.165, 1.54) is 12.1 Å². The summed E-state index contributed by atoms with van der Waals surface area (Å²) in [7, 11) is 0. The van der Waals surface area contributed by atoms with Crippen LogP contribution in [0.2, 0.25) is 0 Å². The maximum atomic E-state index is 13.6. The van der Waals surface area contributed by atoms with Crippen LogP contribution in [0.1, 0.15) is 28.4 Å². The van der Waals surface area contributed by atoms with Gasteiger partial charge >= 0.3 is 12.2 Å². The Hall–Kier alpha value is -3.65. The number of halogens is 3. The lowest BCUT2D eigenvalue weighted by atomic mass is 9.82. The maximum absolute atomic E-state index is 13.6. The summed E-state index contributed by atoms with van der Waals surface area (Å²) in [5.41, 5.74) is -1.42. The van der Waals surface area contributed by atoms with Crippen LogP contribution in [0.4, 0.5) is 18.0 Å². The lowest BCUT2D eigenvalue weighted by Gasteiger charge is -2.28. The fourth-order valence-corrected chi connectivity index (χ4v) is 3.88. The molecule has 0 bridgehead atoms. The van der Waals surface area contributed by atoms with Gasteiger partial charge in [0.2, 0.25) is 0 Å². The molecule has 0 saturated carbocycles. The number of nitrogens with one attached hydrogen (secondary N) is 1. The van der Waals surface area contributed by atoms with Crippen LogP contribution in [0, 0.1) is 0 Å². The summed E-state index contributed by atoms with van der Waals surface area (Å²) >= 11 is 0. The topological polar surface area (TPSA) is 69.6 Å². The van der Waals surface area contributed by atoms with Gasteiger partial charge in [-0.15, -0.1) is 0 Å². The van der Waals surface area contributed by atoms with Gasteiger partial charge < -0.3 is 10.4 Å². The van der Waals surface area contributed by atoms with Crippen molar-refractivity contribution in [3.8, 4) is 0 Å². The molecule has 3 amide bonds. The number of alkyl halides is 3. The van der Waals surface area contributed by atoms with Crippen molar-refractivity contribution < 1.29 is 27.9 Å². The Labute approximate surface area is 182 Å². The Morgan fingerprint density at radius 3 is 1.97 bits per heavy atom. The maximum Gasteiger partial charge on any atom is 0.416 e. The molecule has 1 fully saturated rings. The average molecular weight is 440 g/mol. The number of hydrogen-bond acceptors (Lipinski definition) is 3. The SMILES string of the molecule is O=C1NC(c2ccccc2)(c2ccccc2)C(=O)N1C[C@H](O)c1cccc(C(F)(F)F)c1. The molecule has 0 aliphatic carbocycles. The Kier molecular flexibility index (Phi) is 5.48. The first kappa shape index (κ1) is 21.6. The zero-order valence-electron chi connectivity index (χ0n) is 16.7. The van der Waals surface area contributed by atoms with Crippen LogP contribution < -0.4 is 5.32 Å². The number of amides is 3.